The van der Waals surface area contributed by atoms with E-state index in [2.05, 4.69) is 10.6 Å². The zero-order chi connectivity index (χ0) is 13.8. The standard InChI is InChI=1S/C12H18N4O3/c1-15-10(4-5-11(15)16(18)19)12(17)14-8-6-9-3-2-7-13-9/h4-5,9,13H,2-3,6-8H2,1H3,(H,14,17)/t9-/m0/s1. The molecule has 7 heteroatoms. The van der Waals surface area contributed by atoms with Crippen LogP contribution in [0.2, 0.25) is 0 Å². The number of nitrogens with zero attached hydrogens (tertiary/aromatic N) is 2. The number of nitrogens with one attached hydrogen (secondary N) is 2. The Balaban J connectivity index is 1.87. The fraction of sp³-hybridized carbons (Fsp3) is 0.583. The Morgan fingerprint density at radius 2 is 2.42 bits per heavy atom. The van der Waals surface area contributed by atoms with Gasteiger partial charge in [-0.1, -0.05) is 0 Å². The minimum Gasteiger partial charge on any atom is -0.358 e. The van der Waals surface area contributed by atoms with Gasteiger partial charge in [0.2, 0.25) is 0 Å². The predicted octanol–water partition coefficient (Wildman–Crippen LogP) is 0.805. The summed E-state index contributed by atoms with van der Waals surface area (Å²) in [5, 5.41) is 16.8. The molecule has 1 atom stereocenters. The minimum absolute atomic E-state index is 0.0809. The van der Waals surface area contributed by atoms with E-state index in [9.17, 15) is 14.9 Å². The summed E-state index contributed by atoms with van der Waals surface area (Å²) >= 11 is 0. The highest BCUT2D eigenvalue weighted by Gasteiger charge is 2.20. The number of carbonyl (C=O) groups is 1. The molecule has 19 heavy (non-hydrogen) atoms. The van der Waals surface area contributed by atoms with E-state index in [1.54, 1.807) is 0 Å². The molecule has 1 aliphatic rings. The number of nitro groups is 1. The Morgan fingerprint density at radius 1 is 1.63 bits per heavy atom. The molecule has 1 aliphatic heterocycles. The van der Waals surface area contributed by atoms with Crippen LogP contribution in [-0.4, -0.2) is 34.5 Å². The van der Waals surface area contributed by atoms with Gasteiger partial charge in [0.1, 0.15) is 0 Å². The largest absolute Gasteiger partial charge is 0.358 e. The van der Waals surface area contributed by atoms with Crippen molar-refractivity contribution in [1.29, 1.82) is 0 Å². The molecule has 0 aromatic carbocycles. The molecule has 7 nitrogen and oxygen atoms in total. The van der Waals surface area contributed by atoms with Gasteiger partial charge in [-0.25, -0.2) is 4.57 Å². The van der Waals surface area contributed by atoms with E-state index in [-0.39, 0.29) is 11.7 Å². The Morgan fingerprint density at radius 3 is 3.00 bits per heavy atom. The lowest BCUT2D eigenvalue weighted by Gasteiger charge is -2.10. The van der Waals surface area contributed by atoms with Crippen molar-refractivity contribution in [2.24, 2.45) is 7.05 Å². The number of hydrogen-bond acceptors (Lipinski definition) is 4. The molecule has 0 radical (unpaired) electrons. The molecule has 0 unspecified atom stereocenters. The van der Waals surface area contributed by atoms with Crippen LogP contribution in [0.25, 0.3) is 0 Å². The van der Waals surface area contributed by atoms with Crippen molar-refractivity contribution in [2.75, 3.05) is 13.1 Å². The summed E-state index contributed by atoms with van der Waals surface area (Å²) in [6.07, 6.45) is 3.21. The molecule has 1 saturated heterocycles. The third-order valence-corrected chi connectivity index (χ3v) is 3.46. The zero-order valence-electron chi connectivity index (χ0n) is 10.9. The van der Waals surface area contributed by atoms with Gasteiger partial charge in [-0.05, 0) is 36.8 Å². The Hall–Kier alpha value is -1.89. The number of hydrogen-bond donors (Lipinski definition) is 2. The van der Waals surface area contributed by atoms with Gasteiger partial charge in [-0.2, -0.15) is 0 Å². The highest BCUT2D eigenvalue weighted by atomic mass is 16.6. The molecule has 104 valence electrons. The molecular formula is C12H18N4O3. The van der Waals surface area contributed by atoms with Gasteiger partial charge in [-0.3, -0.25) is 4.79 Å². The summed E-state index contributed by atoms with van der Waals surface area (Å²) in [5.74, 6) is -0.351. The predicted molar refractivity (Wildman–Crippen MR) is 70.0 cm³/mol. The highest BCUT2D eigenvalue weighted by Crippen LogP contribution is 2.15. The molecule has 2 rings (SSSR count). The second-order valence-corrected chi connectivity index (χ2v) is 4.73. The van der Waals surface area contributed by atoms with Crippen molar-refractivity contribution in [3.05, 3.63) is 27.9 Å². The maximum Gasteiger partial charge on any atom is 0.323 e. The summed E-state index contributed by atoms with van der Waals surface area (Å²) in [6, 6.07) is 3.29. The van der Waals surface area contributed by atoms with E-state index >= 15 is 0 Å². The first-order valence-corrected chi connectivity index (χ1v) is 6.41. The van der Waals surface area contributed by atoms with E-state index in [1.807, 2.05) is 0 Å². The molecule has 1 amide bonds. The van der Waals surface area contributed by atoms with Gasteiger partial charge in [0.05, 0.1) is 7.05 Å². The topological polar surface area (TPSA) is 89.2 Å². The van der Waals surface area contributed by atoms with E-state index < -0.39 is 4.92 Å². The molecular weight excluding hydrogens is 248 g/mol. The third-order valence-electron chi connectivity index (χ3n) is 3.46. The molecule has 2 heterocycles. The first kappa shape index (κ1) is 13.5. The van der Waals surface area contributed by atoms with Gasteiger partial charge in [0.15, 0.2) is 5.69 Å². The molecule has 1 fully saturated rings. The number of aromatic nitrogens is 1. The molecule has 1 aromatic rings. The SMILES string of the molecule is Cn1c(C(=O)NCC[C@@H]2CCCN2)ccc1[N+](=O)[O-]. The Bertz CT molecular complexity index is 477. The average molecular weight is 266 g/mol. The normalized spacial score (nSPS) is 18.5. The van der Waals surface area contributed by atoms with Crippen molar-refractivity contribution in [3.8, 4) is 0 Å². The minimum atomic E-state index is -0.501. The number of carbonyl (C=O) groups excluding carboxylic acids is 1. The second kappa shape index (κ2) is 5.83. The molecule has 0 spiro atoms. The van der Waals surface area contributed by atoms with Crippen molar-refractivity contribution in [2.45, 2.75) is 25.3 Å². The summed E-state index contributed by atoms with van der Waals surface area (Å²) < 4.78 is 1.29. The van der Waals surface area contributed by atoms with Crippen LogP contribution in [0.3, 0.4) is 0 Å². The van der Waals surface area contributed by atoms with Crippen molar-refractivity contribution in [1.82, 2.24) is 15.2 Å². The molecule has 0 aliphatic carbocycles. The molecule has 0 bridgehead atoms. The second-order valence-electron chi connectivity index (χ2n) is 4.73. The van der Waals surface area contributed by atoms with E-state index in [4.69, 9.17) is 0 Å². The highest BCUT2D eigenvalue weighted by molar-refractivity contribution is 5.93. The first-order chi connectivity index (χ1) is 9.09. The maximum atomic E-state index is 11.9. The average Bonchev–Trinajstić information content (AvgIpc) is 2.98. The van der Waals surface area contributed by atoms with Gasteiger partial charge in [-0.15, -0.1) is 0 Å². The third kappa shape index (κ3) is 3.11. The Kier molecular flexibility index (Phi) is 4.16. The zero-order valence-corrected chi connectivity index (χ0v) is 10.9. The van der Waals surface area contributed by atoms with Crippen molar-refractivity contribution >= 4 is 11.7 Å². The smallest absolute Gasteiger partial charge is 0.323 e. The fourth-order valence-electron chi connectivity index (χ4n) is 2.37. The van der Waals surface area contributed by atoms with Crippen LogP contribution in [0.15, 0.2) is 12.1 Å². The fourth-order valence-corrected chi connectivity index (χ4v) is 2.37. The lowest BCUT2D eigenvalue weighted by atomic mass is 10.1. The quantitative estimate of drug-likeness (QED) is 0.609. The lowest BCUT2D eigenvalue weighted by molar-refractivity contribution is -0.391. The van der Waals surface area contributed by atoms with E-state index in [1.165, 1.54) is 30.2 Å². The van der Waals surface area contributed by atoms with Crippen LogP contribution in [0.5, 0.6) is 0 Å². The Labute approximate surface area is 111 Å². The van der Waals surface area contributed by atoms with E-state index in [0.717, 1.165) is 19.4 Å². The maximum absolute atomic E-state index is 11.9. The van der Waals surface area contributed by atoms with Gasteiger partial charge in [0.25, 0.3) is 5.91 Å². The summed E-state index contributed by atoms with van der Waals surface area (Å²) in [6.45, 7) is 1.62. The van der Waals surface area contributed by atoms with Crippen LogP contribution < -0.4 is 10.6 Å². The van der Waals surface area contributed by atoms with Crippen LogP contribution >= 0.6 is 0 Å². The van der Waals surface area contributed by atoms with Gasteiger partial charge in [0, 0.05) is 18.7 Å². The monoisotopic (exact) mass is 266 g/mol. The summed E-state index contributed by atoms with van der Waals surface area (Å²) in [5.41, 5.74) is 0.311. The van der Waals surface area contributed by atoms with Gasteiger partial charge < -0.3 is 20.7 Å². The van der Waals surface area contributed by atoms with Crippen molar-refractivity contribution < 1.29 is 9.72 Å². The molecule has 2 N–H and O–H groups in total. The number of amides is 1. The summed E-state index contributed by atoms with van der Waals surface area (Å²) in [7, 11) is 1.52. The lowest BCUT2D eigenvalue weighted by Crippen LogP contribution is -2.31. The van der Waals surface area contributed by atoms with Crippen LogP contribution in [0.1, 0.15) is 29.8 Å². The van der Waals surface area contributed by atoms with Crippen LogP contribution in [0.4, 0.5) is 5.82 Å². The van der Waals surface area contributed by atoms with E-state index in [0.29, 0.717) is 18.3 Å². The van der Waals surface area contributed by atoms with Crippen LogP contribution in [0, 0.1) is 10.1 Å². The van der Waals surface area contributed by atoms with Gasteiger partial charge >= 0.3 is 5.82 Å². The van der Waals surface area contributed by atoms with Crippen molar-refractivity contribution in [3.63, 3.8) is 0 Å². The first-order valence-electron chi connectivity index (χ1n) is 6.41. The summed E-state index contributed by atoms with van der Waals surface area (Å²) in [4.78, 5) is 22.1. The van der Waals surface area contributed by atoms with Crippen LogP contribution in [-0.2, 0) is 7.05 Å². The molecule has 0 saturated carbocycles. The number of rotatable bonds is 5. The molecule has 1 aromatic heterocycles.